The molecule has 21 heavy (non-hydrogen) atoms. The van der Waals surface area contributed by atoms with Crippen LogP contribution in [0.5, 0.6) is 5.75 Å². The van der Waals surface area contributed by atoms with E-state index in [2.05, 4.69) is 16.1 Å². The van der Waals surface area contributed by atoms with Gasteiger partial charge in [0.1, 0.15) is 11.4 Å². The first-order valence-corrected chi connectivity index (χ1v) is 5.91. The predicted octanol–water partition coefficient (Wildman–Crippen LogP) is 2.27. The van der Waals surface area contributed by atoms with Crippen molar-refractivity contribution in [3.63, 3.8) is 0 Å². The van der Waals surface area contributed by atoms with Crippen LogP contribution in [0.15, 0.2) is 34.9 Å². The summed E-state index contributed by atoms with van der Waals surface area (Å²) < 4.78 is 5.07. The fourth-order valence-corrected chi connectivity index (χ4v) is 2.05. The summed E-state index contributed by atoms with van der Waals surface area (Å²) in [6.45, 7) is 0. The molecule has 1 aromatic carbocycles. The Morgan fingerprint density at radius 2 is 2.00 bits per heavy atom. The smallest absolute Gasteiger partial charge is 0.358 e. The molecule has 6 nitrogen and oxygen atoms in total. The van der Waals surface area contributed by atoms with Crippen molar-refractivity contribution in [1.82, 2.24) is 10.1 Å². The summed E-state index contributed by atoms with van der Waals surface area (Å²) in [4.78, 5) is 14.8. The van der Waals surface area contributed by atoms with E-state index < -0.39 is 17.4 Å². The van der Waals surface area contributed by atoms with Gasteiger partial charge in [-0.25, -0.2) is 9.78 Å². The number of aromatic hydroxyl groups is 1. The van der Waals surface area contributed by atoms with Gasteiger partial charge < -0.3 is 14.7 Å². The molecule has 2 heterocycles. The number of hydrogen-bond donors (Lipinski definition) is 2. The zero-order valence-corrected chi connectivity index (χ0v) is 10.6. The first-order valence-electron chi connectivity index (χ1n) is 5.91. The zero-order valence-electron chi connectivity index (χ0n) is 10.6. The molecule has 0 fully saturated rings. The van der Waals surface area contributed by atoms with Gasteiger partial charge in [-0.05, 0) is 5.92 Å². The number of aromatic carboxylic acids is 1. The van der Waals surface area contributed by atoms with Gasteiger partial charge in [0.2, 0.25) is 5.58 Å². The van der Waals surface area contributed by atoms with E-state index in [0.717, 1.165) is 5.56 Å². The molecule has 2 aromatic heterocycles. The fourth-order valence-electron chi connectivity index (χ4n) is 2.05. The molecule has 0 amide bonds. The molecule has 0 saturated heterocycles. The molecule has 0 unspecified atom stereocenters. The Labute approximate surface area is 118 Å². The van der Waals surface area contributed by atoms with Crippen molar-refractivity contribution in [3.05, 3.63) is 41.7 Å². The topological polar surface area (TPSA) is 96.5 Å². The highest BCUT2D eigenvalue weighted by molar-refractivity contribution is 6.02. The van der Waals surface area contributed by atoms with Crippen molar-refractivity contribution in [2.24, 2.45) is 0 Å². The Hall–Kier alpha value is -3.33. The second-order valence-electron chi connectivity index (χ2n) is 4.21. The first kappa shape index (κ1) is 12.7. The third kappa shape index (κ3) is 1.88. The molecule has 102 valence electrons. The van der Waals surface area contributed by atoms with Gasteiger partial charge in [0.15, 0.2) is 11.4 Å². The van der Waals surface area contributed by atoms with E-state index >= 15 is 0 Å². The van der Waals surface area contributed by atoms with Gasteiger partial charge in [-0.15, -0.1) is 6.42 Å². The number of pyridine rings is 1. The number of terminal acetylenes is 1. The lowest BCUT2D eigenvalue weighted by Crippen LogP contribution is -2.03. The normalized spacial score (nSPS) is 10.4. The van der Waals surface area contributed by atoms with Gasteiger partial charge in [0.05, 0.1) is 5.39 Å². The van der Waals surface area contributed by atoms with Crippen LogP contribution in [0.25, 0.3) is 22.2 Å². The molecule has 0 saturated carbocycles. The number of hydrogen-bond acceptors (Lipinski definition) is 5. The third-order valence-electron chi connectivity index (χ3n) is 2.98. The molecule has 0 aliphatic carbocycles. The molecule has 0 radical (unpaired) electrons. The number of carbonyl (C=O) groups is 1. The van der Waals surface area contributed by atoms with Crippen molar-refractivity contribution in [1.29, 1.82) is 0 Å². The summed E-state index contributed by atoms with van der Waals surface area (Å²) in [5.41, 5.74) is 0.524. The van der Waals surface area contributed by atoms with Crippen molar-refractivity contribution in [2.45, 2.75) is 0 Å². The van der Waals surface area contributed by atoms with E-state index in [0.29, 0.717) is 11.1 Å². The maximum Gasteiger partial charge on any atom is 0.358 e. The Morgan fingerprint density at radius 3 is 2.62 bits per heavy atom. The molecule has 2 N–H and O–H groups in total. The molecule has 0 aliphatic heterocycles. The van der Waals surface area contributed by atoms with Gasteiger partial charge in [-0.3, -0.25) is 0 Å². The summed E-state index contributed by atoms with van der Waals surface area (Å²) in [5.74, 6) is 0.312. The molecule has 0 bridgehead atoms. The third-order valence-corrected chi connectivity index (χ3v) is 2.98. The molecule has 3 rings (SSSR count). The van der Waals surface area contributed by atoms with Crippen LogP contribution < -0.4 is 0 Å². The minimum absolute atomic E-state index is 0.0558. The summed E-state index contributed by atoms with van der Waals surface area (Å²) >= 11 is 0. The Kier molecular flexibility index (Phi) is 2.81. The number of carboxylic acid groups (broad SMARTS) is 1. The monoisotopic (exact) mass is 280 g/mol. The second kappa shape index (κ2) is 4.65. The second-order valence-corrected chi connectivity index (χ2v) is 4.21. The lowest BCUT2D eigenvalue weighted by atomic mass is 10.1. The van der Waals surface area contributed by atoms with E-state index in [1.807, 2.05) is 18.2 Å². The largest absolute Gasteiger partial charge is 0.502 e. The van der Waals surface area contributed by atoms with Gasteiger partial charge in [-0.2, -0.15) is 0 Å². The number of nitrogens with zero attached hydrogens (tertiary/aromatic N) is 2. The molecule has 3 aromatic rings. The number of rotatable bonds is 2. The fraction of sp³-hybridized carbons (Fsp3) is 0. The summed E-state index contributed by atoms with van der Waals surface area (Å²) in [6.07, 6.45) is 5.38. The van der Waals surface area contributed by atoms with Crippen LogP contribution in [0.4, 0.5) is 0 Å². The van der Waals surface area contributed by atoms with Crippen LogP contribution >= 0.6 is 0 Å². The van der Waals surface area contributed by atoms with E-state index in [1.165, 1.54) is 0 Å². The summed E-state index contributed by atoms with van der Waals surface area (Å²) in [7, 11) is 0. The van der Waals surface area contributed by atoms with Crippen molar-refractivity contribution >= 4 is 16.9 Å². The highest BCUT2D eigenvalue weighted by atomic mass is 16.5. The van der Waals surface area contributed by atoms with Crippen LogP contribution in [0.1, 0.15) is 16.2 Å². The van der Waals surface area contributed by atoms with Crippen molar-refractivity contribution in [2.75, 3.05) is 0 Å². The van der Waals surface area contributed by atoms with E-state index in [1.54, 1.807) is 12.1 Å². The molecule has 0 aliphatic rings. The first-order chi connectivity index (χ1) is 10.1. The standard InChI is InChI=1S/C15H8N2O4/c1-2-9-10-11(8-6-4-3-5-7-8)17-21-14(10)13(18)12(16-9)15(19)20/h1,3-7,18H,(H,19,20). The lowest BCUT2D eigenvalue weighted by molar-refractivity contribution is 0.0687. The number of aromatic nitrogens is 2. The van der Waals surface area contributed by atoms with Crippen LogP contribution in [0, 0.1) is 12.3 Å². The van der Waals surface area contributed by atoms with Gasteiger partial charge in [-0.1, -0.05) is 35.5 Å². The maximum absolute atomic E-state index is 11.1. The van der Waals surface area contributed by atoms with E-state index in [-0.39, 0.29) is 11.3 Å². The lowest BCUT2D eigenvalue weighted by Gasteiger charge is -2.02. The molecule has 6 heteroatoms. The Bertz CT molecular complexity index is 891. The quantitative estimate of drug-likeness (QED) is 0.699. The molecular weight excluding hydrogens is 272 g/mol. The average Bonchev–Trinajstić information content (AvgIpc) is 2.94. The molecule has 0 spiro atoms. The highest BCUT2D eigenvalue weighted by Gasteiger charge is 2.24. The number of benzene rings is 1. The van der Waals surface area contributed by atoms with Crippen LogP contribution in [0.2, 0.25) is 0 Å². The van der Waals surface area contributed by atoms with E-state index in [9.17, 15) is 9.90 Å². The summed E-state index contributed by atoms with van der Waals surface area (Å²) in [6, 6.07) is 9.04. The van der Waals surface area contributed by atoms with Crippen LogP contribution in [-0.4, -0.2) is 26.3 Å². The number of fused-ring (bicyclic) bond motifs is 1. The van der Waals surface area contributed by atoms with Gasteiger partial charge in [0, 0.05) is 5.56 Å². The van der Waals surface area contributed by atoms with Gasteiger partial charge >= 0.3 is 5.97 Å². The van der Waals surface area contributed by atoms with E-state index in [4.69, 9.17) is 16.1 Å². The summed E-state index contributed by atoms with van der Waals surface area (Å²) in [5, 5.41) is 23.2. The van der Waals surface area contributed by atoms with Crippen molar-refractivity contribution in [3.8, 4) is 29.4 Å². The molecule has 0 atom stereocenters. The Morgan fingerprint density at radius 1 is 1.29 bits per heavy atom. The minimum atomic E-state index is -1.40. The van der Waals surface area contributed by atoms with Crippen LogP contribution in [0.3, 0.4) is 0 Å². The van der Waals surface area contributed by atoms with Crippen molar-refractivity contribution < 1.29 is 19.5 Å². The SMILES string of the molecule is C#Cc1nc(C(=O)O)c(O)c2onc(-c3ccccc3)c12. The predicted molar refractivity (Wildman–Crippen MR) is 73.8 cm³/mol. The maximum atomic E-state index is 11.1. The minimum Gasteiger partial charge on any atom is -0.502 e. The van der Waals surface area contributed by atoms with Crippen LogP contribution in [-0.2, 0) is 0 Å². The highest BCUT2D eigenvalue weighted by Crippen LogP contribution is 2.36. The Balaban J connectivity index is 2.40. The molecular formula is C15H8N2O4. The van der Waals surface area contributed by atoms with Gasteiger partial charge in [0.25, 0.3) is 0 Å². The average molecular weight is 280 g/mol. The zero-order chi connectivity index (χ0) is 15.0. The number of carboxylic acids is 1.